The van der Waals surface area contributed by atoms with Gasteiger partial charge in [-0.25, -0.2) is 0 Å². The Morgan fingerprint density at radius 2 is 2.05 bits per heavy atom. The van der Waals surface area contributed by atoms with Gasteiger partial charge in [0.1, 0.15) is 0 Å². The van der Waals surface area contributed by atoms with Gasteiger partial charge >= 0.3 is 0 Å². The lowest BCUT2D eigenvalue weighted by Gasteiger charge is -2.07. The third-order valence-corrected chi connectivity index (χ3v) is 3.80. The van der Waals surface area contributed by atoms with Gasteiger partial charge in [-0.1, -0.05) is 17.8 Å². The number of unbranched alkanes of at least 4 members (excludes halogenated alkanes) is 1. The Labute approximate surface area is 122 Å². The van der Waals surface area contributed by atoms with Gasteiger partial charge in [0.2, 0.25) is 0 Å². The maximum atomic E-state index is 8.79. The van der Waals surface area contributed by atoms with Crippen molar-refractivity contribution in [2.75, 3.05) is 12.4 Å². The van der Waals surface area contributed by atoms with Gasteiger partial charge in [-0.2, -0.15) is 0 Å². The fraction of sp³-hybridized carbons (Fsp3) is 0.357. The highest BCUT2D eigenvalue weighted by atomic mass is 32.2. The van der Waals surface area contributed by atoms with Crippen molar-refractivity contribution in [2.45, 2.75) is 24.5 Å². The van der Waals surface area contributed by atoms with E-state index in [1.807, 2.05) is 22.8 Å². The summed E-state index contributed by atoms with van der Waals surface area (Å²) in [6.45, 7) is 4.70. The SMILES string of the molecule is C=CCn1c(SCCCCO)nnc1-c1ccncc1. The van der Waals surface area contributed by atoms with Crippen LogP contribution in [0.1, 0.15) is 12.8 Å². The summed E-state index contributed by atoms with van der Waals surface area (Å²) in [5.74, 6) is 1.75. The average Bonchev–Trinajstić information content (AvgIpc) is 2.88. The molecule has 0 unspecified atom stereocenters. The van der Waals surface area contributed by atoms with Crippen molar-refractivity contribution in [3.05, 3.63) is 37.2 Å². The molecule has 0 aliphatic carbocycles. The summed E-state index contributed by atoms with van der Waals surface area (Å²) in [5, 5.41) is 18.2. The summed E-state index contributed by atoms with van der Waals surface area (Å²) in [7, 11) is 0. The van der Waals surface area contributed by atoms with E-state index in [-0.39, 0.29) is 6.61 Å². The minimum Gasteiger partial charge on any atom is -0.396 e. The van der Waals surface area contributed by atoms with Crippen LogP contribution in [0.2, 0.25) is 0 Å². The van der Waals surface area contributed by atoms with Gasteiger partial charge in [0.05, 0.1) is 0 Å². The number of rotatable bonds is 8. The molecule has 0 atom stereocenters. The molecule has 0 saturated carbocycles. The Balaban J connectivity index is 2.17. The minimum absolute atomic E-state index is 0.238. The normalized spacial score (nSPS) is 10.7. The van der Waals surface area contributed by atoms with Crippen molar-refractivity contribution in [3.63, 3.8) is 0 Å². The molecule has 0 aromatic carbocycles. The van der Waals surface area contributed by atoms with Gasteiger partial charge in [-0.05, 0) is 25.0 Å². The summed E-state index contributed by atoms with van der Waals surface area (Å²) in [5.41, 5.74) is 0.997. The molecule has 0 aliphatic heterocycles. The molecule has 1 N–H and O–H groups in total. The zero-order chi connectivity index (χ0) is 14.2. The van der Waals surface area contributed by atoms with Gasteiger partial charge in [0.25, 0.3) is 0 Å². The number of aromatic nitrogens is 4. The van der Waals surface area contributed by atoms with Crippen molar-refractivity contribution >= 4 is 11.8 Å². The molecule has 0 aliphatic rings. The molecule has 0 fully saturated rings. The van der Waals surface area contributed by atoms with Gasteiger partial charge in [-0.15, -0.1) is 16.8 Å². The summed E-state index contributed by atoms with van der Waals surface area (Å²) in [4.78, 5) is 4.02. The molecule has 0 amide bonds. The van der Waals surface area contributed by atoms with E-state index in [0.29, 0.717) is 6.54 Å². The Morgan fingerprint density at radius 3 is 2.75 bits per heavy atom. The summed E-state index contributed by atoms with van der Waals surface area (Å²) in [6, 6.07) is 3.84. The Bertz CT molecular complexity index is 541. The zero-order valence-electron chi connectivity index (χ0n) is 11.3. The number of pyridine rings is 1. The van der Waals surface area contributed by atoms with Crippen LogP contribution in [0.15, 0.2) is 42.3 Å². The second-order valence-electron chi connectivity index (χ2n) is 4.22. The number of nitrogens with zero attached hydrogens (tertiary/aromatic N) is 4. The Hall–Kier alpha value is -1.66. The summed E-state index contributed by atoms with van der Waals surface area (Å²) >= 11 is 1.66. The van der Waals surface area contributed by atoms with Crippen molar-refractivity contribution in [3.8, 4) is 11.4 Å². The molecule has 2 aromatic heterocycles. The predicted molar refractivity (Wildman–Crippen MR) is 80.5 cm³/mol. The van der Waals surface area contributed by atoms with Gasteiger partial charge in [-0.3, -0.25) is 9.55 Å². The largest absolute Gasteiger partial charge is 0.396 e. The third kappa shape index (κ3) is 3.68. The van der Waals surface area contributed by atoms with Crippen LogP contribution in [0.25, 0.3) is 11.4 Å². The molecule has 0 bridgehead atoms. The number of thioether (sulfide) groups is 1. The lowest BCUT2D eigenvalue weighted by Crippen LogP contribution is -2.01. The Morgan fingerprint density at radius 1 is 1.25 bits per heavy atom. The first-order valence-corrected chi connectivity index (χ1v) is 7.53. The summed E-state index contributed by atoms with van der Waals surface area (Å²) < 4.78 is 2.05. The first kappa shape index (κ1) is 14.7. The zero-order valence-corrected chi connectivity index (χ0v) is 12.1. The number of aliphatic hydroxyl groups excluding tert-OH is 1. The Kier molecular flexibility index (Phi) is 5.76. The average molecular weight is 290 g/mol. The standard InChI is InChI=1S/C14H18N4OS/c1-2-9-18-13(12-5-7-15-8-6-12)16-17-14(18)20-11-4-3-10-19/h2,5-8,19H,1,3-4,9-11H2. The first-order chi connectivity index (χ1) is 9.86. The van der Waals surface area contributed by atoms with Crippen LogP contribution >= 0.6 is 11.8 Å². The second-order valence-corrected chi connectivity index (χ2v) is 5.28. The molecule has 106 valence electrons. The lowest BCUT2D eigenvalue weighted by atomic mass is 10.2. The highest BCUT2D eigenvalue weighted by molar-refractivity contribution is 7.99. The molecule has 6 heteroatoms. The molecule has 2 rings (SSSR count). The van der Waals surface area contributed by atoms with E-state index in [2.05, 4.69) is 21.8 Å². The van der Waals surface area contributed by atoms with Crippen molar-refractivity contribution < 1.29 is 5.11 Å². The van der Waals surface area contributed by atoms with Crippen LogP contribution in [0.5, 0.6) is 0 Å². The monoisotopic (exact) mass is 290 g/mol. The lowest BCUT2D eigenvalue weighted by molar-refractivity contribution is 0.287. The van der Waals surface area contributed by atoms with Crippen LogP contribution in [0.3, 0.4) is 0 Å². The highest BCUT2D eigenvalue weighted by Crippen LogP contribution is 2.24. The van der Waals surface area contributed by atoms with E-state index in [1.165, 1.54) is 0 Å². The van der Waals surface area contributed by atoms with Crippen LogP contribution in [-0.2, 0) is 6.54 Å². The van der Waals surface area contributed by atoms with E-state index in [1.54, 1.807) is 24.2 Å². The molecule has 20 heavy (non-hydrogen) atoms. The van der Waals surface area contributed by atoms with Gasteiger partial charge < -0.3 is 5.11 Å². The van der Waals surface area contributed by atoms with E-state index < -0.39 is 0 Å². The molecule has 5 nitrogen and oxygen atoms in total. The van der Waals surface area contributed by atoms with E-state index in [0.717, 1.165) is 35.1 Å². The molecule has 0 spiro atoms. The first-order valence-electron chi connectivity index (χ1n) is 6.55. The number of aliphatic hydroxyl groups is 1. The second kappa shape index (κ2) is 7.81. The molecule has 2 heterocycles. The minimum atomic E-state index is 0.238. The van der Waals surface area contributed by atoms with Gasteiger partial charge in [0, 0.05) is 36.9 Å². The highest BCUT2D eigenvalue weighted by Gasteiger charge is 2.12. The van der Waals surface area contributed by atoms with Crippen molar-refractivity contribution in [1.82, 2.24) is 19.7 Å². The number of allylic oxidation sites excluding steroid dienone is 1. The molecular formula is C14H18N4OS. The quantitative estimate of drug-likeness (QED) is 0.459. The van der Waals surface area contributed by atoms with Gasteiger partial charge in [0.15, 0.2) is 11.0 Å². The number of hydrogen-bond donors (Lipinski definition) is 1. The van der Waals surface area contributed by atoms with Crippen molar-refractivity contribution in [1.29, 1.82) is 0 Å². The molecule has 0 radical (unpaired) electrons. The third-order valence-electron chi connectivity index (χ3n) is 2.75. The maximum absolute atomic E-state index is 8.79. The fourth-order valence-corrected chi connectivity index (χ4v) is 2.73. The molecule has 2 aromatic rings. The van der Waals surface area contributed by atoms with Crippen molar-refractivity contribution in [2.24, 2.45) is 0 Å². The maximum Gasteiger partial charge on any atom is 0.191 e. The van der Waals surface area contributed by atoms with Crippen LogP contribution < -0.4 is 0 Å². The van der Waals surface area contributed by atoms with E-state index >= 15 is 0 Å². The number of hydrogen-bond acceptors (Lipinski definition) is 5. The predicted octanol–water partition coefficient (Wildman–Crippen LogP) is 2.39. The van der Waals surface area contributed by atoms with E-state index in [4.69, 9.17) is 5.11 Å². The topological polar surface area (TPSA) is 63.8 Å². The van der Waals surface area contributed by atoms with Crippen LogP contribution in [-0.4, -0.2) is 37.2 Å². The molecular weight excluding hydrogens is 272 g/mol. The fourth-order valence-electron chi connectivity index (χ4n) is 1.78. The molecule has 0 saturated heterocycles. The summed E-state index contributed by atoms with van der Waals surface area (Å²) in [6.07, 6.45) is 7.12. The smallest absolute Gasteiger partial charge is 0.191 e. The van der Waals surface area contributed by atoms with Crippen LogP contribution in [0.4, 0.5) is 0 Å². The van der Waals surface area contributed by atoms with Crippen LogP contribution in [0, 0.1) is 0 Å². The van der Waals surface area contributed by atoms with E-state index in [9.17, 15) is 0 Å².